The van der Waals surface area contributed by atoms with Crippen molar-refractivity contribution in [2.24, 2.45) is 0 Å². The van der Waals surface area contributed by atoms with Crippen LogP contribution >= 0.6 is 0 Å². The van der Waals surface area contributed by atoms with E-state index in [1.165, 1.54) is 0 Å². The monoisotopic (exact) mass is 270 g/mol. The number of nitrogens with zero attached hydrogens (tertiary/aromatic N) is 3. The van der Waals surface area contributed by atoms with Crippen molar-refractivity contribution in [1.82, 2.24) is 9.78 Å². The van der Waals surface area contributed by atoms with Gasteiger partial charge in [-0.05, 0) is 18.6 Å². The molecule has 0 atom stereocenters. The number of ether oxygens (including phenoxy) is 1. The molecule has 2 N–H and O–H groups in total. The lowest BCUT2D eigenvalue weighted by molar-refractivity contribution is 0.299. The van der Waals surface area contributed by atoms with Crippen molar-refractivity contribution in [3.8, 4) is 11.8 Å². The first-order valence-corrected chi connectivity index (χ1v) is 6.69. The fourth-order valence-electron chi connectivity index (χ4n) is 1.99. The molecule has 0 saturated heterocycles. The zero-order valence-electron chi connectivity index (χ0n) is 11.5. The van der Waals surface area contributed by atoms with Crippen LogP contribution in [0.4, 0.5) is 5.82 Å². The highest BCUT2D eigenvalue weighted by Gasteiger charge is 2.13. The van der Waals surface area contributed by atoms with Gasteiger partial charge in [-0.2, -0.15) is 10.4 Å². The van der Waals surface area contributed by atoms with Gasteiger partial charge in [0.1, 0.15) is 23.2 Å². The van der Waals surface area contributed by atoms with Crippen molar-refractivity contribution in [2.45, 2.75) is 26.3 Å². The van der Waals surface area contributed by atoms with E-state index >= 15 is 0 Å². The number of nitriles is 1. The summed E-state index contributed by atoms with van der Waals surface area (Å²) in [5.74, 6) is 1.30. The fourth-order valence-corrected chi connectivity index (χ4v) is 1.99. The van der Waals surface area contributed by atoms with Crippen LogP contribution in [0.5, 0.6) is 5.75 Å². The molecule has 2 rings (SSSR count). The molecule has 2 aromatic rings. The molecule has 0 spiro atoms. The number of benzene rings is 1. The topological polar surface area (TPSA) is 76.9 Å². The third-order valence-electron chi connectivity index (χ3n) is 3.04. The number of aryl methyl sites for hydroxylation is 2. The van der Waals surface area contributed by atoms with Gasteiger partial charge < -0.3 is 10.5 Å². The normalized spacial score (nSPS) is 10.2. The van der Waals surface area contributed by atoms with E-state index in [0.29, 0.717) is 31.0 Å². The molecule has 0 amide bonds. The van der Waals surface area contributed by atoms with Crippen LogP contribution in [0.1, 0.15) is 24.6 Å². The molecule has 0 aliphatic carbocycles. The first kappa shape index (κ1) is 13.9. The molecule has 0 aliphatic heterocycles. The molecule has 0 aliphatic rings. The van der Waals surface area contributed by atoms with Gasteiger partial charge in [0, 0.05) is 13.0 Å². The Labute approximate surface area is 118 Å². The lowest BCUT2D eigenvalue weighted by Gasteiger charge is -2.06. The minimum atomic E-state index is 0.448. The van der Waals surface area contributed by atoms with Crippen LogP contribution in [0.2, 0.25) is 0 Å². The zero-order chi connectivity index (χ0) is 14.4. The maximum Gasteiger partial charge on any atom is 0.140 e. The Morgan fingerprint density at radius 2 is 2.10 bits per heavy atom. The van der Waals surface area contributed by atoms with Crippen LogP contribution in [0.25, 0.3) is 0 Å². The third kappa shape index (κ3) is 3.09. The predicted molar refractivity (Wildman–Crippen MR) is 77.3 cm³/mol. The molecule has 1 aromatic carbocycles. The van der Waals surface area contributed by atoms with Gasteiger partial charge in [-0.3, -0.25) is 0 Å². The van der Waals surface area contributed by atoms with Crippen molar-refractivity contribution >= 4 is 5.82 Å². The second-order valence-electron chi connectivity index (χ2n) is 4.41. The number of para-hydroxylation sites is 1. The number of rotatable bonds is 6. The molecule has 0 bridgehead atoms. The largest absolute Gasteiger partial charge is 0.494 e. The second kappa shape index (κ2) is 6.62. The molecular formula is C15H18N4O. The maximum atomic E-state index is 9.06. The van der Waals surface area contributed by atoms with E-state index in [4.69, 9.17) is 15.7 Å². The highest BCUT2D eigenvalue weighted by Crippen LogP contribution is 2.16. The Balaban J connectivity index is 1.89. The highest BCUT2D eigenvalue weighted by atomic mass is 16.5. The van der Waals surface area contributed by atoms with Crippen molar-refractivity contribution in [3.63, 3.8) is 0 Å². The Kier molecular flexibility index (Phi) is 4.61. The number of aromatic nitrogens is 2. The molecular weight excluding hydrogens is 252 g/mol. The Bertz CT molecular complexity index is 598. The number of nitrogen functional groups attached to an aromatic ring is 1. The summed E-state index contributed by atoms with van der Waals surface area (Å²) in [7, 11) is 0. The summed E-state index contributed by atoms with van der Waals surface area (Å²) < 4.78 is 7.30. The van der Waals surface area contributed by atoms with Crippen molar-refractivity contribution in [1.29, 1.82) is 5.26 Å². The summed E-state index contributed by atoms with van der Waals surface area (Å²) in [4.78, 5) is 0. The van der Waals surface area contributed by atoms with Gasteiger partial charge in [-0.15, -0.1) is 0 Å². The van der Waals surface area contributed by atoms with Crippen molar-refractivity contribution in [2.75, 3.05) is 12.3 Å². The fraction of sp³-hybridized carbons (Fsp3) is 0.333. The first-order valence-electron chi connectivity index (χ1n) is 6.69. The third-order valence-corrected chi connectivity index (χ3v) is 3.04. The van der Waals surface area contributed by atoms with E-state index in [0.717, 1.165) is 17.9 Å². The Hall–Kier alpha value is -2.48. The molecule has 5 nitrogen and oxygen atoms in total. The predicted octanol–water partition coefficient (Wildman–Crippen LogP) is 2.37. The molecule has 1 heterocycles. The van der Waals surface area contributed by atoms with Gasteiger partial charge in [0.25, 0.3) is 0 Å². The summed E-state index contributed by atoms with van der Waals surface area (Å²) in [5, 5.41) is 13.4. The molecule has 0 radical (unpaired) electrons. The summed E-state index contributed by atoms with van der Waals surface area (Å²) >= 11 is 0. The van der Waals surface area contributed by atoms with Crippen LogP contribution in [0, 0.1) is 11.3 Å². The van der Waals surface area contributed by atoms with E-state index in [2.05, 4.69) is 11.2 Å². The molecule has 5 heteroatoms. The molecule has 0 saturated carbocycles. The van der Waals surface area contributed by atoms with Gasteiger partial charge >= 0.3 is 0 Å². The molecule has 0 unspecified atom stereocenters. The van der Waals surface area contributed by atoms with E-state index in [9.17, 15) is 0 Å². The summed E-state index contributed by atoms with van der Waals surface area (Å²) in [5.41, 5.74) is 7.18. The van der Waals surface area contributed by atoms with Crippen molar-refractivity contribution < 1.29 is 4.74 Å². The van der Waals surface area contributed by atoms with Crippen molar-refractivity contribution in [3.05, 3.63) is 41.6 Å². The van der Waals surface area contributed by atoms with Gasteiger partial charge in [-0.25, -0.2) is 4.68 Å². The maximum absolute atomic E-state index is 9.06. The summed E-state index contributed by atoms with van der Waals surface area (Å²) in [6.07, 6.45) is 1.50. The average molecular weight is 270 g/mol. The quantitative estimate of drug-likeness (QED) is 0.817. The molecule has 104 valence electrons. The smallest absolute Gasteiger partial charge is 0.140 e. The van der Waals surface area contributed by atoms with Crippen LogP contribution in [-0.4, -0.2) is 16.4 Å². The lowest BCUT2D eigenvalue weighted by atomic mass is 10.2. The highest BCUT2D eigenvalue weighted by molar-refractivity contribution is 5.52. The van der Waals surface area contributed by atoms with Gasteiger partial charge in [0.2, 0.25) is 0 Å². The molecule has 20 heavy (non-hydrogen) atoms. The standard InChI is InChI=1S/C15H18N4O/c1-2-14-13(11-16)15(17)19(18-14)9-6-10-20-12-7-4-3-5-8-12/h3-5,7-8H,2,6,9-10,17H2,1H3. The van der Waals surface area contributed by atoms with Crippen LogP contribution in [0.15, 0.2) is 30.3 Å². The number of anilines is 1. The van der Waals surface area contributed by atoms with E-state index in [-0.39, 0.29) is 0 Å². The number of hydrogen-bond donors (Lipinski definition) is 1. The number of nitrogens with two attached hydrogens (primary N) is 1. The van der Waals surface area contributed by atoms with Crippen LogP contribution < -0.4 is 10.5 Å². The lowest BCUT2D eigenvalue weighted by Crippen LogP contribution is -2.09. The summed E-state index contributed by atoms with van der Waals surface area (Å²) in [6.45, 7) is 3.20. The van der Waals surface area contributed by atoms with E-state index < -0.39 is 0 Å². The minimum absolute atomic E-state index is 0.448. The van der Waals surface area contributed by atoms with Gasteiger partial charge in [0.05, 0.1) is 12.3 Å². The van der Waals surface area contributed by atoms with Crippen LogP contribution in [0.3, 0.4) is 0 Å². The van der Waals surface area contributed by atoms with Gasteiger partial charge in [-0.1, -0.05) is 25.1 Å². The SMILES string of the molecule is CCc1nn(CCCOc2ccccc2)c(N)c1C#N. The second-order valence-corrected chi connectivity index (χ2v) is 4.41. The molecule has 0 fully saturated rings. The van der Waals surface area contributed by atoms with E-state index in [1.54, 1.807) is 4.68 Å². The Morgan fingerprint density at radius 3 is 2.70 bits per heavy atom. The van der Waals surface area contributed by atoms with Crippen LogP contribution in [-0.2, 0) is 13.0 Å². The zero-order valence-corrected chi connectivity index (χ0v) is 11.5. The minimum Gasteiger partial charge on any atom is -0.494 e. The van der Waals surface area contributed by atoms with Gasteiger partial charge in [0.15, 0.2) is 0 Å². The Morgan fingerprint density at radius 1 is 1.35 bits per heavy atom. The van der Waals surface area contributed by atoms with E-state index in [1.807, 2.05) is 37.3 Å². The first-order chi connectivity index (χ1) is 9.76. The molecule has 1 aromatic heterocycles. The number of hydrogen-bond acceptors (Lipinski definition) is 4. The average Bonchev–Trinajstić information content (AvgIpc) is 2.80. The summed E-state index contributed by atoms with van der Waals surface area (Å²) in [6, 6.07) is 11.8.